The zero-order valence-electron chi connectivity index (χ0n) is 11.1. The minimum Gasteiger partial charge on any atom is -0.409 e. The van der Waals surface area contributed by atoms with Crippen molar-refractivity contribution in [3.05, 3.63) is 34.3 Å². The monoisotopic (exact) mass is 285 g/mol. The van der Waals surface area contributed by atoms with Gasteiger partial charge in [0.15, 0.2) is 5.84 Å². The summed E-state index contributed by atoms with van der Waals surface area (Å²) in [5.74, 6) is 0.358. The number of aliphatic hydroxyl groups excluding tert-OH is 1. The molecule has 0 aliphatic rings. The summed E-state index contributed by atoms with van der Waals surface area (Å²) in [6, 6.07) is 5.23. The number of halogens is 1. The average molecular weight is 286 g/mol. The van der Waals surface area contributed by atoms with E-state index in [0.717, 1.165) is 5.56 Å². The zero-order valence-corrected chi connectivity index (χ0v) is 11.9. The van der Waals surface area contributed by atoms with Gasteiger partial charge >= 0.3 is 0 Å². The fraction of sp³-hybridized carbons (Fsp3) is 0.462. The number of amidine groups is 1. The Balaban J connectivity index is 2.75. The van der Waals surface area contributed by atoms with Crippen molar-refractivity contribution in [1.82, 2.24) is 5.32 Å². The Kier molecular flexibility index (Phi) is 6.08. The van der Waals surface area contributed by atoms with Crippen molar-refractivity contribution < 1.29 is 10.3 Å². The van der Waals surface area contributed by atoms with Crippen LogP contribution in [0.15, 0.2) is 23.4 Å². The number of aliphatic hydroxyl groups is 1. The molecule has 0 fully saturated rings. The summed E-state index contributed by atoms with van der Waals surface area (Å²) in [7, 11) is 0. The van der Waals surface area contributed by atoms with Crippen LogP contribution in [-0.4, -0.2) is 28.8 Å². The first-order valence-electron chi connectivity index (χ1n) is 6.10. The first-order valence-corrected chi connectivity index (χ1v) is 6.48. The van der Waals surface area contributed by atoms with Gasteiger partial charge in [0.05, 0.1) is 6.61 Å². The van der Waals surface area contributed by atoms with Gasteiger partial charge in [-0.2, -0.15) is 0 Å². The van der Waals surface area contributed by atoms with E-state index in [9.17, 15) is 5.11 Å². The van der Waals surface area contributed by atoms with Gasteiger partial charge in [-0.3, -0.25) is 0 Å². The van der Waals surface area contributed by atoms with Crippen molar-refractivity contribution in [2.75, 3.05) is 6.61 Å². The third-order valence-corrected chi connectivity index (χ3v) is 3.36. The third-order valence-electron chi connectivity index (χ3n) is 3.01. The second-order valence-electron chi connectivity index (χ2n) is 4.71. The molecule has 0 aromatic heterocycles. The molecule has 106 valence electrons. The van der Waals surface area contributed by atoms with Gasteiger partial charge in [0.2, 0.25) is 0 Å². The van der Waals surface area contributed by atoms with Gasteiger partial charge in [-0.05, 0) is 17.5 Å². The molecule has 0 amide bonds. The molecule has 0 unspecified atom stereocenters. The van der Waals surface area contributed by atoms with Crippen LogP contribution in [0, 0.1) is 5.92 Å². The van der Waals surface area contributed by atoms with Crippen LogP contribution in [0.4, 0.5) is 0 Å². The molecule has 0 saturated heterocycles. The normalized spacial score (nSPS) is 13.8. The van der Waals surface area contributed by atoms with Crippen LogP contribution in [0.2, 0.25) is 5.02 Å². The van der Waals surface area contributed by atoms with E-state index in [1.165, 1.54) is 0 Å². The fourth-order valence-electron chi connectivity index (χ4n) is 1.66. The average Bonchev–Trinajstić information content (AvgIpc) is 2.39. The van der Waals surface area contributed by atoms with E-state index >= 15 is 0 Å². The third kappa shape index (κ3) is 4.38. The summed E-state index contributed by atoms with van der Waals surface area (Å²) in [5.41, 5.74) is 6.96. The van der Waals surface area contributed by atoms with Crippen molar-refractivity contribution in [3.8, 4) is 0 Å². The van der Waals surface area contributed by atoms with Gasteiger partial charge in [0, 0.05) is 23.2 Å². The predicted molar refractivity (Wildman–Crippen MR) is 76.5 cm³/mol. The van der Waals surface area contributed by atoms with Crippen LogP contribution < -0.4 is 11.1 Å². The molecule has 1 rings (SSSR count). The van der Waals surface area contributed by atoms with E-state index in [1.54, 1.807) is 12.1 Å². The fourth-order valence-corrected chi connectivity index (χ4v) is 1.91. The van der Waals surface area contributed by atoms with Crippen molar-refractivity contribution >= 4 is 17.4 Å². The van der Waals surface area contributed by atoms with Gasteiger partial charge in [-0.15, -0.1) is 0 Å². The van der Waals surface area contributed by atoms with Gasteiger partial charge in [0.1, 0.15) is 0 Å². The number of oxime groups is 1. The number of hydrogen-bond acceptors (Lipinski definition) is 4. The lowest BCUT2D eigenvalue weighted by molar-refractivity contribution is 0.210. The Morgan fingerprint density at radius 1 is 1.47 bits per heavy atom. The zero-order chi connectivity index (χ0) is 14.4. The lowest BCUT2D eigenvalue weighted by Crippen LogP contribution is -2.36. The number of nitrogens with one attached hydrogen (secondary N) is 1. The number of nitrogens with zero attached hydrogens (tertiary/aromatic N) is 1. The number of benzene rings is 1. The quantitative estimate of drug-likeness (QED) is 0.276. The largest absolute Gasteiger partial charge is 0.409 e. The molecular weight excluding hydrogens is 266 g/mol. The molecule has 0 saturated carbocycles. The Morgan fingerprint density at radius 3 is 2.63 bits per heavy atom. The summed E-state index contributed by atoms with van der Waals surface area (Å²) in [5, 5.41) is 24.5. The van der Waals surface area contributed by atoms with E-state index in [4.69, 9.17) is 22.5 Å². The molecule has 5 N–H and O–H groups in total. The van der Waals surface area contributed by atoms with Crippen molar-refractivity contribution in [2.45, 2.75) is 26.4 Å². The smallest absolute Gasteiger partial charge is 0.170 e. The van der Waals surface area contributed by atoms with Crippen molar-refractivity contribution in [1.29, 1.82) is 0 Å². The lowest BCUT2D eigenvalue weighted by atomic mass is 10.0. The van der Waals surface area contributed by atoms with Gasteiger partial charge in [0.25, 0.3) is 0 Å². The Labute approximate surface area is 118 Å². The highest BCUT2D eigenvalue weighted by molar-refractivity contribution is 6.31. The highest BCUT2D eigenvalue weighted by Gasteiger charge is 2.12. The minimum atomic E-state index is 0.0248. The highest BCUT2D eigenvalue weighted by Crippen LogP contribution is 2.18. The van der Waals surface area contributed by atoms with E-state index in [2.05, 4.69) is 10.5 Å². The van der Waals surface area contributed by atoms with Crippen LogP contribution in [0.25, 0.3) is 0 Å². The first kappa shape index (κ1) is 15.8. The summed E-state index contributed by atoms with van der Waals surface area (Å²) < 4.78 is 0. The van der Waals surface area contributed by atoms with E-state index in [-0.39, 0.29) is 18.5 Å². The molecule has 1 atom stereocenters. The molecular formula is C13H20ClN3O2. The molecule has 0 radical (unpaired) electrons. The summed E-state index contributed by atoms with van der Waals surface area (Å²) in [6.45, 7) is 4.71. The van der Waals surface area contributed by atoms with Crippen molar-refractivity contribution in [2.24, 2.45) is 16.8 Å². The Hall–Kier alpha value is -1.30. The van der Waals surface area contributed by atoms with Crippen LogP contribution in [-0.2, 0) is 6.54 Å². The number of rotatable bonds is 6. The van der Waals surface area contributed by atoms with Crippen LogP contribution in [0.1, 0.15) is 25.0 Å². The topological polar surface area (TPSA) is 90.9 Å². The maximum Gasteiger partial charge on any atom is 0.170 e. The second kappa shape index (κ2) is 7.33. The maximum absolute atomic E-state index is 9.24. The molecule has 19 heavy (non-hydrogen) atoms. The summed E-state index contributed by atoms with van der Waals surface area (Å²) >= 11 is 6.14. The Morgan fingerprint density at radius 2 is 2.16 bits per heavy atom. The molecule has 1 aromatic carbocycles. The van der Waals surface area contributed by atoms with Crippen LogP contribution in [0.3, 0.4) is 0 Å². The molecule has 0 heterocycles. The van der Waals surface area contributed by atoms with E-state index < -0.39 is 0 Å². The SMILES string of the molecule is CC(C)[C@@H](CO)NCc1ccc(/C(N)=N/O)cc1Cl. The first-order chi connectivity index (χ1) is 8.99. The molecule has 0 aliphatic carbocycles. The molecule has 0 aliphatic heterocycles. The standard InChI is InChI=1S/C13H20ClN3O2/c1-8(2)12(7-18)16-6-10-4-3-9(5-11(10)14)13(15)17-19/h3-5,8,12,16,18-19H,6-7H2,1-2H3,(H2,15,17)/t12-/m1/s1. The maximum atomic E-state index is 9.24. The van der Waals surface area contributed by atoms with Gasteiger partial charge < -0.3 is 21.4 Å². The Bertz CT molecular complexity index is 450. The number of hydrogen-bond donors (Lipinski definition) is 4. The van der Waals surface area contributed by atoms with E-state index in [0.29, 0.717) is 23.0 Å². The van der Waals surface area contributed by atoms with E-state index in [1.807, 2.05) is 19.9 Å². The molecule has 0 spiro atoms. The minimum absolute atomic E-state index is 0.0248. The van der Waals surface area contributed by atoms with Crippen LogP contribution >= 0.6 is 11.6 Å². The molecule has 1 aromatic rings. The lowest BCUT2D eigenvalue weighted by Gasteiger charge is -2.20. The van der Waals surface area contributed by atoms with Gasteiger partial charge in [-0.1, -0.05) is 42.7 Å². The number of nitrogens with two attached hydrogens (primary N) is 1. The summed E-state index contributed by atoms with van der Waals surface area (Å²) in [6.07, 6.45) is 0. The van der Waals surface area contributed by atoms with Crippen molar-refractivity contribution in [3.63, 3.8) is 0 Å². The molecule has 6 heteroatoms. The van der Waals surface area contributed by atoms with Gasteiger partial charge in [-0.25, -0.2) is 0 Å². The van der Waals surface area contributed by atoms with Crippen LogP contribution in [0.5, 0.6) is 0 Å². The predicted octanol–water partition coefficient (Wildman–Crippen LogP) is 1.54. The second-order valence-corrected chi connectivity index (χ2v) is 5.11. The molecule has 0 bridgehead atoms. The highest BCUT2D eigenvalue weighted by atomic mass is 35.5. The molecule has 5 nitrogen and oxygen atoms in total. The summed E-state index contributed by atoms with van der Waals surface area (Å²) in [4.78, 5) is 0.